The lowest BCUT2D eigenvalue weighted by Gasteiger charge is -2.52. The van der Waals surface area contributed by atoms with Gasteiger partial charge in [0.1, 0.15) is 12.2 Å². The Morgan fingerprint density at radius 2 is 2.07 bits per heavy atom. The van der Waals surface area contributed by atoms with Gasteiger partial charge in [0.25, 0.3) is 5.56 Å². The molecule has 3 fully saturated rings. The third kappa shape index (κ3) is 3.36. The Morgan fingerprint density at radius 3 is 2.90 bits per heavy atom. The first-order chi connectivity index (χ1) is 14.1. The molecule has 0 N–H and O–H groups in total. The van der Waals surface area contributed by atoms with Crippen molar-refractivity contribution in [2.24, 2.45) is 11.8 Å². The maximum Gasteiger partial charge on any atom is 0.267 e. The molecule has 3 aliphatic heterocycles. The van der Waals surface area contributed by atoms with Gasteiger partial charge in [0.15, 0.2) is 5.76 Å². The van der Waals surface area contributed by atoms with Gasteiger partial charge in [-0.05, 0) is 49.3 Å². The third-order valence-corrected chi connectivity index (χ3v) is 6.46. The summed E-state index contributed by atoms with van der Waals surface area (Å²) in [5.74, 6) is 1.37. The Morgan fingerprint density at radius 1 is 1.17 bits per heavy atom. The number of likely N-dealkylation sites (tertiary alicyclic amines) is 1. The minimum absolute atomic E-state index is 0.0832. The molecule has 2 aromatic rings. The minimum Gasteiger partial charge on any atom is -0.463 e. The van der Waals surface area contributed by atoms with Crippen molar-refractivity contribution in [1.82, 2.24) is 19.6 Å². The van der Waals surface area contributed by atoms with Crippen molar-refractivity contribution < 1.29 is 14.0 Å². The molecule has 0 aliphatic carbocycles. The molecular formula is C21H24N4O4. The number of rotatable bonds is 3. The summed E-state index contributed by atoms with van der Waals surface area (Å²) < 4.78 is 6.55. The van der Waals surface area contributed by atoms with Crippen LogP contribution in [-0.4, -0.2) is 57.1 Å². The van der Waals surface area contributed by atoms with Gasteiger partial charge < -0.3 is 14.2 Å². The molecule has 0 aromatic carbocycles. The van der Waals surface area contributed by atoms with Crippen LogP contribution >= 0.6 is 0 Å². The topological polar surface area (TPSA) is 88.6 Å². The first-order valence-electron chi connectivity index (χ1n) is 10.3. The van der Waals surface area contributed by atoms with Gasteiger partial charge in [-0.2, -0.15) is 5.10 Å². The standard InChI is InChI=1S/C21H24N4O4/c26-19-5-1-3-17-15-9-14(11-24(17)19)10-23(12-15)21(28)13-25-20(27)7-6-16(22-25)18-4-2-8-29-18/h2,4,6-8,14-15,17H,1,3,5,9-13H2/t14-,15-,17?/m0/s1. The monoisotopic (exact) mass is 396 g/mol. The number of hydrogen-bond acceptors (Lipinski definition) is 5. The molecule has 2 amide bonds. The number of hydrogen-bond donors (Lipinski definition) is 0. The average molecular weight is 396 g/mol. The number of furan rings is 1. The fourth-order valence-electron chi connectivity index (χ4n) is 5.16. The zero-order valence-electron chi connectivity index (χ0n) is 16.2. The van der Waals surface area contributed by atoms with E-state index >= 15 is 0 Å². The fraction of sp³-hybridized carbons (Fsp3) is 0.524. The van der Waals surface area contributed by atoms with Crippen LogP contribution in [-0.2, 0) is 16.1 Å². The highest BCUT2D eigenvalue weighted by Gasteiger charge is 2.44. The van der Waals surface area contributed by atoms with Crippen LogP contribution in [0.3, 0.4) is 0 Å². The number of piperidine rings is 3. The van der Waals surface area contributed by atoms with Gasteiger partial charge in [-0.25, -0.2) is 4.68 Å². The van der Waals surface area contributed by atoms with Gasteiger partial charge in [-0.15, -0.1) is 0 Å². The van der Waals surface area contributed by atoms with Crippen molar-refractivity contribution in [3.8, 4) is 11.5 Å². The lowest BCUT2D eigenvalue weighted by atomic mass is 9.76. The predicted molar refractivity (Wildman–Crippen MR) is 104 cm³/mol. The molecule has 3 atom stereocenters. The molecule has 1 unspecified atom stereocenters. The normalized spacial score (nSPS) is 26.3. The number of nitrogens with zero attached hydrogens (tertiary/aromatic N) is 4. The van der Waals surface area contributed by atoms with E-state index in [0.717, 1.165) is 25.8 Å². The van der Waals surface area contributed by atoms with Crippen LogP contribution in [0.15, 0.2) is 39.7 Å². The summed E-state index contributed by atoms with van der Waals surface area (Å²) in [6.07, 6.45) is 5.23. The molecule has 0 saturated carbocycles. The van der Waals surface area contributed by atoms with E-state index in [1.165, 1.54) is 10.7 Å². The van der Waals surface area contributed by atoms with Gasteiger partial charge in [0, 0.05) is 38.2 Å². The van der Waals surface area contributed by atoms with Gasteiger partial charge in [-0.3, -0.25) is 14.4 Å². The first kappa shape index (κ1) is 18.1. The van der Waals surface area contributed by atoms with Crippen LogP contribution in [0.5, 0.6) is 0 Å². The van der Waals surface area contributed by atoms with E-state index in [1.807, 2.05) is 4.90 Å². The number of carbonyl (C=O) groups excluding carboxylic acids is 2. The molecule has 0 radical (unpaired) electrons. The van der Waals surface area contributed by atoms with Crippen molar-refractivity contribution >= 4 is 11.8 Å². The van der Waals surface area contributed by atoms with Crippen molar-refractivity contribution in [2.75, 3.05) is 19.6 Å². The van der Waals surface area contributed by atoms with E-state index in [4.69, 9.17) is 4.42 Å². The minimum atomic E-state index is -0.310. The fourth-order valence-corrected chi connectivity index (χ4v) is 5.16. The lowest BCUT2D eigenvalue weighted by molar-refractivity contribution is -0.149. The molecule has 2 aromatic heterocycles. The SMILES string of the molecule is O=C(Cn1nc(-c2ccco2)ccc1=O)N1C[C@@H]2C[C@@H](C1)C1CCCC(=O)N1C2. The van der Waals surface area contributed by atoms with Gasteiger partial charge in [0.2, 0.25) is 11.8 Å². The summed E-state index contributed by atoms with van der Waals surface area (Å²) in [6, 6.07) is 6.79. The number of amides is 2. The molecule has 2 bridgehead atoms. The zero-order valence-corrected chi connectivity index (χ0v) is 16.2. The van der Waals surface area contributed by atoms with Crippen LogP contribution in [0.25, 0.3) is 11.5 Å². The number of fused-ring (bicyclic) bond motifs is 4. The quantitative estimate of drug-likeness (QED) is 0.782. The van der Waals surface area contributed by atoms with Crippen molar-refractivity contribution in [3.63, 3.8) is 0 Å². The highest BCUT2D eigenvalue weighted by atomic mass is 16.3. The second-order valence-corrected chi connectivity index (χ2v) is 8.36. The third-order valence-electron chi connectivity index (χ3n) is 6.46. The second-order valence-electron chi connectivity index (χ2n) is 8.36. The molecule has 0 spiro atoms. The Labute approximate surface area is 168 Å². The smallest absolute Gasteiger partial charge is 0.267 e. The van der Waals surface area contributed by atoms with E-state index in [1.54, 1.807) is 24.5 Å². The molecule has 8 heteroatoms. The largest absolute Gasteiger partial charge is 0.463 e. The van der Waals surface area contributed by atoms with Crippen molar-refractivity contribution in [1.29, 1.82) is 0 Å². The maximum absolute atomic E-state index is 13.0. The Hall–Kier alpha value is -2.90. The molecular weight excluding hydrogens is 372 g/mol. The van der Waals surface area contributed by atoms with E-state index in [-0.39, 0.29) is 30.0 Å². The zero-order chi connectivity index (χ0) is 20.0. The molecule has 3 saturated heterocycles. The number of aromatic nitrogens is 2. The van der Waals surface area contributed by atoms with Gasteiger partial charge in [-0.1, -0.05) is 0 Å². The summed E-state index contributed by atoms with van der Waals surface area (Å²) in [5, 5.41) is 4.31. The van der Waals surface area contributed by atoms with E-state index in [2.05, 4.69) is 10.00 Å². The maximum atomic E-state index is 13.0. The summed E-state index contributed by atoms with van der Waals surface area (Å²) in [4.78, 5) is 41.4. The van der Waals surface area contributed by atoms with Crippen molar-refractivity contribution in [2.45, 2.75) is 38.3 Å². The Balaban J connectivity index is 1.32. The van der Waals surface area contributed by atoms with Gasteiger partial charge in [0.05, 0.1) is 6.26 Å². The highest BCUT2D eigenvalue weighted by Crippen LogP contribution is 2.37. The summed E-state index contributed by atoms with van der Waals surface area (Å²) >= 11 is 0. The molecule has 5 rings (SSSR count). The van der Waals surface area contributed by atoms with E-state index < -0.39 is 0 Å². The summed E-state index contributed by atoms with van der Waals surface area (Å²) in [7, 11) is 0. The van der Waals surface area contributed by atoms with E-state index in [0.29, 0.717) is 42.8 Å². The molecule has 5 heterocycles. The lowest BCUT2D eigenvalue weighted by Crippen LogP contribution is -2.61. The average Bonchev–Trinajstić information content (AvgIpc) is 3.25. The molecule has 3 aliphatic rings. The Bertz CT molecular complexity index is 983. The van der Waals surface area contributed by atoms with Crippen molar-refractivity contribution in [3.05, 3.63) is 40.9 Å². The first-order valence-corrected chi connectivity index (χ1v) is 10.3. The highest BCUT2D eigenvalue weighted by molar-refractivity contribution is 5.78. The van der Waals surface area contributed by atoms with Gasteiger partial charge >= 0.3 is 0 Å². The molecule has 29 heavy (non-hydrogen) atoms. The predicted octanol–water partition coefficient (Wildman–Crippen LogP) is 1.36. The van der Waals surface area contributed by atoms with E-state index in [9.17, 15) is 14.4 Å². The Kier molecular flexibility index (Phi) is 4.49. The van der Waals surface area contributed by atoms with Crippen LogP contribution in [0, 0.1) is 11.8 Å². The summed E-state index contributed by atoms with van der Waals surface area (Å²) in [6.45, 7) is 1.95. The van der Waals surface area contributed by atoms with Crippen LogP contribution in [0.1, 0.15) is 25.7 Å². The van der Waals surface area contributed by atoms with Crippen LogP contribution in [0.4, 0.5) is 0 Å². The molecule has 8 nitrogen and oxygen atoms in total. The number of carbonyl (C=O) groups is 2. The summed E-state index contributed by atoms with van der Waals surface area (Å²) in [5.41, 5.74) is 0.212. The van der Waals surface area contributed by atoms with Crippen LogP contribution in [0.2, 0.25) is 0 Å². The van der Waals surface area contributed by atoms with Crippen LogP contribution < -0.4 is 5.56 Å². The second kappa shape index (κ2) is 7.17. The molecule has 152 valence electrons.